The largest absolute Gasteiger partial charge is 0.357 e. The van der Waals surface area contributed by atoms with Gasteiger partial charge in [-0.05, 0) is 32.6 Å². The Morgan fingerprint density at radius 1 is 1.36 bits per heavy atom. The van der Waals surface area contributed by atoms with E-state index in [0.29, 0.717) is 0 Å². The highest BCUT2D eigenvalue weighted by atomic mass is 28.4. The van der Waals surface area contributed by atoms with Crippen LogP contribution in [0, 0.1) is 0 Å². The molecule has 0 aromatic heterocycles. The molecule has 0 atom stereocenters. The van der Waals surface area contributed by atoms with Gasteiger partial charge in [-0.2, -0.15) is 0 Å². The standard InChI is InChI=1S/C8H16O2Si/c1-8(2)6-7-9-10-11(3,4)5/h6-7H,1H2,2-5H3/b7-6+. The first kappa shape index (κ1) is 10.5. The molecule has 0 saturated carbocycles. The average Bonchev–Trinajstić information content (AvgIpc) is 1.78. The summed E-state index contributed by atoms with van der Waals surface area (Å²) in [5.41, 5.74) is 0.948. The maximum atomic E-state index is 5.09. The van der Waals surface area contributed by atoms with Crippen LogP contribution >= 0.6 is 0 Å². The number of allylic oxidation sites excluding steroid dienone is 2. The van der Waals surface area contributed by atoms with Gasteiger partial charge >= 0.3 is 0 Å². The fourth-order valence-corrected chi connectivity index (χ4v) is 0.660. The minimum Gasteiger partial charge on any atom is -0.357 e. The molecule has 2 nitrogen and oxygen atoms in total. The van der Waals surface area contributed by atoms with Crippen molar-refractivity contribution in [3.8, 4) is 0 Å². The minimum atomic E-state index is -1.53. The van der Waals surface area contributed by atoms with E-state index < -0.39 is 8.32 Å². The van der Waals surface area contributed by atoms with Crippen molar-refractivity contribution in [2.45, 2.75) is 26.6 Å². The number of hydrogen-bond donors (Lipinski definition) is 0. The molecule has 0 fully saturated rings. The Balaban J connectivity index is 3.50. The Kier molecular flexibility index (Phi) is 4.14. The predicted molar refractivity (Wildman–Crippen MR) is 49.5 cm³/mol. The average molecular weight is 172 g/mol. The summed E-state index contributed by atoms with van der Waals surface area (Å²) in [5, 5.41) is 0. The lowest BCUT2D eigenvalue weighted by Gasteiger charge is -2.12. The summed E-state index contributed by atoms with van der Waals surface area (Å²) in [6.45, 7) is 11.7. The van der Waals surface area contributed by atoms with E-state index in [1.54, 1.807) is 6.08 Å². The molecule has 0 amide bonds. The summed E-state index contributed by atoms with van der Waals surface area (Å²) >= 11 is 0. The molecule has 0 radical (unpaired) electrons. The van der Waals surface area contributed by atoms with E-state index in [1.807, 2.05) is 6.92 Å². The lowest BCUT2D eigenvalue weighted by molar-refractivity contribution is -0.160. The molecule has 64 valence electrons. The maximum absolute atomic E-state index is 5.09. The summed E-state index contributed by atoms with van der Waals surface area (Å²) in [4.78, 5) is 4.83. The second-order valence-electron chi connectivity index (χ2n) is 3.44. The van der Waals surface area contributed by atoms with Crippen LogP contribution in [0.15, 0.2) is 24.5 Å². The third-order valence-electron chi connectivity index (χ3n) is 0.706. The molecule has 11 heavy (non-hydrogen) atoms. The van der Waals surface area contributed by atoms with Crippen LogP contribution in [-0.2, 0) is 9.46 Å². The van der Waals surface area contributed by atoms with E-state index in [4.69, 9.17) is 9.46 Å². The Bertz CT molecular complexity index is 156. The molecule has 0 spiro atoms. The molecule has 0 aliphatic rings. The second kappa shape index (κ2) is 4.36. The van der Waals surface area contributed by atoms with Crippen LogP contribution in [0.4, 0.5) is 0 Å². The molecule has 0 bridgehead atoms. The molecule has 0 aromatic carbocycles. The minimum absolute atomic E-state index is 0.948. The van der Waals surface area contributed by atoms with Gasteiger partial charge in [0, 0.05) is 0 Å². The molecule has 0 aliphatic heterocycles. The van der Waals surface area contributed by atoms with Crippen molar-refractivity contribution in [2.24, 2.45) is 0 Å². The first-order chi connectivity index (χ1) is 4.92. The smallest absolute Gasteiger partial charge is 0.245 e. The first-order valence-electron chi connectivity index (χ1n) is 3.58. The molecule has 3 heteroatoms. The highest BCUT2D eigenvalue weighted by molar-refractivity contribution is 6.69. The highest BCUT2D eigenvalue weighted by Crippen LogP contribution is 2.03. The molecule has 0 aromatic rings. The van der Waals surface area contributed by atoms with Crippen LogP contribution < -0.4 is 0 Å². The van der Waals surface area contributed by atoms with Crippen LogP contribution in [0.1, 0.15) is 6.92 Å². The summed E-state index contributed by atoms with van der Waals surface area (Å²) in [6, 6.07) is 0. The van der Waals surface area contributed by atoms with Gasteiger partial charge < -0.3 is 4.89 Å². The molecular weight excluding hydrogens is 156 g/mol. The van der Waals surface area contributed by atoms with Crippen LogP contribution in [0.3, 0.4) is 0 Å². The predicted octanol–water partition coefficient (Wildman–Crippen LogP) is 2.86. The molecule has 0 heterocycles. The van der Waals surface area contributed by atoms with Gasteiger partial charge in [-0.25, -0.2) is 4.58 Å². The molecule has 0 unspecified atom stereocenters. The Hall–Kier alpha value is -0.543. The van der Waals surface area contributed by atoms with Crippen molar-refractivity contribution in [3.05, 3.63) is 24.5 Å². The zero-order valence-electron chi connectivity index (χ0n) is 7.68. The first-order valence-corrected chi connectivity index (χ1v) is 6.99. The zero-order valence-corrected chi connectivity index (χ0v) is 8.68. The van der Waals surface area contributed by atoms with Gasteiger partial charge in [0.05, 0.1) is 0 Å². The van der Waals surface area contributed by atoms with Gasteiger partial charge in [-0.1, -0.05) is 12.2 Å². The van der Waals surface area contributed by atoms with Crippen molar-refractivity contribution < 1.29 is 9.46 Å². The normalized spacial score (nSPS) is 12.0. The molecule has 0 saturated heterocycles. The van der Waals surface area contributed by atoms with Gasteiger partial charge in [0.25, 0.3) is 0 Å². The number of rotatable bonds is 4. The van der Waals surface area contributed by atoms with E-state index in [2.05, 4.69) is 26.2 Å². The summed E-state index contributed by atoms with van der Waals surface area (Å²) in [7, 11) is -1.53. The van der Waals surface area contributed by atoms with Crippen molar-refractivity contribution >= 4 is 8.32 Å². The van der Waals surface area contributed by atoms with Crippen LogP contribution in [0.2, 0.25) is 19.6 Å². The third-order valence-corrected chi connectivity index (χ3v) is 1.30. The van der Waals surface area contributed by atoms with Crippen molar-refractivity contribution in [1.82, 2.24) is 0 Å². The van der Waals surface area contributed by atoms with Crippen molar-refractivity contribution in [3.63, 3.8) is 0 Å². The lowest BCUT2D eigenvalue weighted by atomic mass is 10.4. The fourth-order valence-electron chi connectivity index (χ4n) is 0.316. The molecular formula is C8H16O2Si. The van der Waals surface area contributed by atoms with E-state index >= 15 is 0 Å². The zero-order chi connectivity index (χ0) is 8.91. The highest BCUT2D eigenvalue weighted by Gasteiger charge is 2.15. The Morgan fingerprint density at radius 2 is 1.91 bits per heavy atom. The monoisotopic (exact) mass is 172 g/mol. The summed E-state index contributed by atoms with van der Waals surface area (Å²) < 4.78 is 5.09. The Morgan fingerprint density at radius 3 is 2.27 bits per heavy atom. The quantitative estimate of drug-likeness (QED) is 0.213. The SMILES string of the molecule is C=C(C)/C=C/OO[Si](C)(C)C. The summed E-state index contributed by atoms with van der Waals surface area (Å²) in [5.74, 6) is 0. The van der Waals surface area contributed by atoms with Crippen LogP contribution in [-0.4, -0.2) is 8.32 Å². The third kappa shape index (κ3) is 9.46. The van der Waals surface area contributed by atoms with Crippen molar-refractivity contribution in [2.75, 3.05) is 0 Å². The van der Waals surface area contributed by atoms with Gasteiger partial charge in [0.2, 0.25) is 8.32 Å². The van der Waals surface area contributed by atoms with E-state index in [9.17, 15) is 0 Å². The maximum Gasteiger partial charge on any atom is 0.245 e. The lowest BCUT2D eigenvalue weighted by Crippen LogP contribution is -2.24. The molecule has 0 rings (SSSR count). The number of hydrogen-bond acceptors (Lipinski definition) is 2. The fraction of sp³-hybridized carbons (Fsp3) is 0.500. The summed E-state index contributed by atoms with van der Waals surface area (Å²) in [6.07, 6.45) is 3.28. The molecule has 0 aliphatic carbocycles. The Labute approximate surface area is 69.6 Å². The van der Waals surface area contributed by atoms with Crippen LogP contribution in [0.25, 0.3) is 0 Å². The van der Waals surface area contributed by atoms with E-state index in [1.165, 1.54) is 6.26 Å². The van der Waals surface area contributed by atoms with E-state index in [0.717, 1.165) is 5.57 Å². The molecule has 0 N–H and O–H groups in total. The van der Waals surface area contributed by atoms with Gasteiger partial charge in [-0.15, -0.1) is 0 Å². The second-order valence-corrected chi connectivity index (χ2v) is 7.83. The van der Waals surface area contributed by atoms with Gasteiger partial charge in [0.1, 0.15) is 6.26 Å². The van der Waals surface area contributed by atoms with Gasteiger partial charge in [0.15, 0.2) is 0 Å². The topological polar surface area (TPSA) is 18.5 Å². The van der Waals surface area contributed by atoms with Crippen molar-refractivity contribution in [1.29, 1.82) is 0 Å². The van der Waals surface area contributed by atoms with Crippen LogP contribution in [0.5, 0.6) is 0 Å². The van der Waals surface area contributed by atoms with Gasteiger partial charge in [-0.3, -0.25) is 0 Å². The van der Waals surface area contributed by atoms with E-state index in [-0.39, 0.29) is 0 Å².